The van der Waals surface area contributed by atoms with E-state index in [9.17, 15) is 13.6 Å². The number of hydrogen-bond acceptors (Lipinski definition) is 5. The second-order valence-electron chi connectivity index (χ2n) is 5.84. The Morgan fingerprint density at radius 1 is 1.21 bits per heavy atom. The van der Waals surface area contributed by atoms with E-state index in [2.05, 4.69) is 15.3 Å². The van der Waals surface area contributed by atoms with Gasteiger partial charge in [0.25, 0.3) is 5.91 Å². The molecule has 0 saturated carbocycles. The van der Waals surface area contributed by atoms with E-state index >= 15 is 0 Å². The number of nitrogen functional groups attached to an aromatic ring is 1. The monoisotopic (exact) mass is 384 g/mol. The lowest BCUT2D eigenvalue weighted by Crippen LogP contribution is -2.25. The lowest BCUT2D eigenvalue weighted by molar-refractivity contribution is 0.0950. The Morgan fingerprint density at radius 3 is 2.71 bits per heavy atom. The summed E-state index contributed by atoms with van der Waals surface area (Å²) in [5.41, 5.74) is 6.57. The topological polar surface area (TPSA) is 90.1 Å². The maximum Gasteiger partial charge on any atom is 0.256 e. The Bertz CT molecular complexity index is 1010. The number of anilines is 1. The second kappa shape index (κ2) is 8.43. The molecule has 0 unspecified atom stereocenters. The van der Waals surface area contributed by atoms with Gasteiger partial charge >= 0.3 is 0 Å². The average Bonchev–Trinajstić information content (AvgIpc) is 2.67. The fourth-order valence-electron chi connectivity index (χ4n) is 2.60. The third kappa shape index (κ3) is 4.22. The standard InChI is InChI=1S/C20H18F2N4O2/c1-2-28-17-8-4-7-16(22)14(17)10-25-20(27)15-11-24-19(26-18(15)23)12-5-3-6-13(21)9-12/h3-9,11H,2,10H2,1H3,(H,25,27)(H2,23,24,26). The molecule has 0 aliphatic rings. The second-order valence-corrected chi connectivity index (χ2v) is 5.84. The van der Waals surface area contributed by atoms with Gasteiger partial charge in [-0.15, -0.1) is 0 Å². The Kier molecular flexibility index (Phi) is 5.78. The van der Waals surface area contributed by atoms with Crippen LogP contribution >= 0.6 is 0 Å². The predicted molar refractivity (Wildman–Crippen MR) is 101 cm³/mol. The van der Waals surface area contributed by atoms with E-state index in [-0.39, 0.29) is 29.3 Å². The van der Waals surface area contributed by atoms with Crippen molar-refractivity contribution >= 4 is 11.7 Å². The number of benzene rings is 2. The zero-order valence-corrected chi connectivity index (χ0v) is 15.1. The van der Waals surface area contributed by atoms with Crippen LogP contribution in [0.4, 0.5) is 14.6 Å². The minimum Gasteiger partial charge on any atom is -0.493 e. The average molecular weight is 384 g/mol. The van der Waals surface area contributed by atoms with Crippen molar-refractivity contribution in [2.24, 2.45) is 0 Å². The number of hydrogen-bond donors (Lipinski definition) is 2. The first kappa shape index (κ1) is 19.2. The minimum atomic E-state index is -0.561. The summed E-state index contributed by atoms with van der Waals surface area (Å²) in [6.07, 6.45) is 1.25. The highest BCUT2D eigenvalue weighted by atomic mass is 19.1. The molecule has 0 bridgehead atoms. The molecule has 28 heavy (non-hydrogen) atoms. The molecule has 0 fully saturated rings. The summed E-state index contributed by atoms with van der Waals surface area (Å²) in [6, 6.07) is 10.2. The van der Waals surface area contributed by atoms with Crippen LogP contribution in [-0.2, 0) is 6.54 Å². The highest BCUT2D eigenvalue weighted by Gasteiger charge is 2.16. The van der Waals surface area contributed by atoms with Crippen LogP contribution in [0.2, 0.25) is 0 Å². The van der Waals surface area contributed by atoms with Crippen molar-refractivity contribution in [3.8, 4) is 17.1 Å². The van der Waals surface area contributed by atoms with Crippen LogP contribution in [0, 0.1) is 11.6 Å². The number of carbonyl (C=O) groups excluding carboxylic acids is 1. The van der Waals surface area contributed by atoms with Gasteiger partial charge in [0, 0.05) is 23.9 Å². The van der Waals surface area contributed by atoms with Gasteiger partial charge < -0.3 is 15.8 Å². The molecule has 1 heterocycles. The Hall–Kier alpha value is -3.55. The number of amides is 1. The van der Waals surface area contributed by atoms with Crippen LogP contribution in [0.15, 0.2) is 48.7 Å². The van der Waals surface area contributed by atoms with Crippen molar-refractivity contribution in [2.75, 3.05) is 12.3 Å². The van der Waals surface area contributed by atoms with Crippen molar-refractivity contribution in [2.45, 2.75) is 13.5 Å². The van der Waals surface area contributed by atoms with Crippen molar-refractivity contribution in [3.63, 3.8) is 0 Å². The van der Waals surface area contributed by atoms with Gasteiger partial charge in [-0.1, -0.05) is 18.2 Å². The number of halogens is 2. The molecule has 6 nitrogen and oxygen atoms in total. The van der Waals surface area contributed by atoms with Crippen LogP contribution in [0.5, 0.6) is 5.75 Å². The zero-order chi connectivity index (χ0) is 20.1. The number of aromatic nitrogens is 2. The smallest absolute Gasteiger partial charge is 0.256 e. The fourth-order valence-corrected chi connectivity index (χ4v) is 2.60. The third-order valence-corrected chi connectivity index (χ3v) is 3.95. The van der Waals surface area contributed by atoms with Gasteiger partial charge in [0.2, 0.25) is 0 Å². The van der Waals surface area contributed by atoms with Gasteiger partial charge in [0.15, 0.2) is 5.82 Å². The molecule has 0 radical (unpaired) electrons. The van der Waals surface area contributed by atoms with Crippen molar-refractivity contribution < 1.29 is 18.3 Å². The quantitative estimate of drug-likeness (QED) is 0.680. The van der Waals surface area contributed by atoms with Crippen LogP contribution < -0.4 is 15.8 Å². The molecule has 1 amide bonds. The summed E-state index contributed by atoms with van der Waals surface area (Å²) in [4.78, 5) is 20.6. The fraction of sp³-hybridized carbons (Fsp3) is 0.150. The Labute approximate surface area is 160 Å². The van der Waals surface area contributed by atoms with E-state index in [0.29, 0.717) is 17.9 Å². The molecule has 3 aromatic rings. The maximum atomic E-state index is 14.1. The molecule has 0 spiro atoms. The molecule has 0 aliphatic heterocycles. The first-order valence-electron chi connectivity index (χ1n) is 8.56. The van der Waals surface area contributed by atoms with Crippen LogP contribution in [-0.4, -0.2) is 22.5 Å². The number of nitrogens with one attached hydrogen (secondary N) is 1. The highest BCUT2D eigenvalue weighted by molar-refractivity contribution is 5.98. The molecular formula is C20H18F2N4O2. The van der Waals surface area contributed by atoms with Gasteiger partial charge in [-0.2, -0.15) is 0 Å². The predicted octanol–water partition coefficient (Wildman–Crippen LogP) is 3.33. The molecular weight excluding hydrogens is 366 g/mol. The molecule has 0 aliphatic carbocycles. The van der Waals surface area contributed by atoms with E-state index in [0.717, 1.165) is 0 Å². The third-order valence-electron chi connectivity index (χ3n) is 3.95. The van der Waals surface area contributed by atoms with E-state index in [1.54, 1.807) is 19.1 Å². The summed E-state index contributed by atoms with van der Waals surface area (Å²) in [7, 11) is 0. The molecule has 2 aromatic carbocycles. The van der Waals surface area contributed by atoms with Gasteiger partial charge in [-0.25, -0.2) is 18.7 Å². The van der Waals surface area contributed by atoms with Crippen LogP contribution in [0.25, 0.3) is 11.4 Å². The lowest BCUT2D eigenvalue weighted by atomic mass is 10.1. The Balaban J connectivity index is 1.77. The molecule has 3 rings (SSSR count). The maximum absolute atomic E-state index is 14.1. The number of nitrogens with zero attached hydrogens (tertiary/aromatic N) is 2. The summed E-state index contributed by atoms with van der Waals surface area (Å²) in [5, 5.41) is 2.59. The van der Waals surface area contributed by atoms with Crippen LogP contribution in [0.3, 0.4) is 0 Å². The largest absolute Gasteiger partial charge is 0.493 e. The van der Waals surface area contributed by atoms with E-state index < -0.39 is 17.5 Å². The van der Waals surface area contributed by atoms with Gasteiger partial charge in [0.1, 0.15) is 23.2 Å². The van der Waals surface area contributed by atoms with E-state index in [1.165, 1.54) is 36.5 Å². The van der Waals surface area contributed by atoms with Gasteiger partial charge in [-0.3, -0.25) is 4.79 Å². The van der Waals surface area contributed by atoms with Gasteiger partial charge in [-0.05, 0) is 31.2 Å². The molecule has 1 aromatic heterocycles. The zero-order valence-electron chi connectivity index (χ0n) is 15.1. The number of nitrogens with two attached hydrogens (primary N) is 1. The first-order valence-corrected chi connectivity index (χ1v) is 8.56. The van der Waals surface area contributed by atoms with Crippen molar-refractivity contribution in [1.82, 2.24) is 15.3 Å². The SMILES string of the molecule is CCOc1cccc(F)c1CNC(=O)c1cnc(-c2cccc(F)c2)nc1N. The molecule has 144 valence electrons. The number of ether oxygens (including phenoxy) is 1. The highest BCUT2D eigenvalue weighted by Crippen LogP contribution is 2.22. The van der Waals surface area contributed by atoms with E-state index in [1.807, 2.05) is 0 Å². The Morgan fingerprint density at radius 2 is 2.00 bits per heavy atom. The number of rotatable bonds is 6. The molecule has 0 saturated heterocycles. The van der Waals surface area contributed by atoms with Crippen molar-refractivity contribution in [3.05, 3.63) is 71.4 Å². The molecule has 8 heteroatoms. The first-order chi connectivity index (χ1) is 13.5. The molecule has 0 atom stereocenters. The summed E-state index contributed by atoms with van der Waals surface area (Å²) in [6.45, 7) is 2.06. The molecule has 3 N–H and O–H groups in total. The van der Waals surface area contributed by atoms with Gasteiger partial charge in [0.05, 0.1) is 12.2 Å². The normalized spacial score (nSPS) is 10.5. The minimum absolute atomic E-state index is 0.0365. The summed E-state index contributed by atoms with van der Waals surface area (Å²) in [5.74, 6) is -0.998. The van der Waals surface area contributed by atoms with Crippen LogP contribution in [0.1, 0.15) is 22.8 Å². The number of carbonyl (C=O) groups is 1. The van der Waals surface area contributed by atoms with E-state index in [4.69, 9.17) is 10.5 Å². The lowest BCUT2D eigenvalue weighted by Gasteiger charge is -2.12. The summed E-state index contributed by atoms with van der Waals surface area (Å²) >= 11 is 0. The summed E-state index contributed by atoms with van der Waals surface area (Å²) < 4.78 is 32.8. The van der Waals surface area contributed by atoms with Crippen molar-refractivity contribution in [1.29, 1.82) is 0 Å².